The van der Waals surface area contributed by atoms with Crippen LogP contribution in [0, 0.1) is 26.6 Å². The highest BCUT2D eigenvalue weighted by atomic mass is 79.9. The van der Waals surface area contributed by atoms with Crippen LogP contribution >= 0.6 is 15.9 Å². The van der Waals surface area contributed by atoms with Crippen LogP contribution in [0.5, 0.6) is 5.75 Å². The van der Waals surface area contributed by atoms with Gasteiger partial charge in [0.1, 0.15) is 11.6 Å². The van der Waals surface area contributed by atoms with Crippen molar-refractivity contribution < 1.29 is 18.7 Å². The van der Waals surface area contributed by atoms with Crippen LogP contribution in [0.1, 0.15) is 51.9 Å². The molecule has 4 rings (SSSR count). The average molecular weight is 551 g/mol. The second-order valence-corrected chi connectivity index (χ2v) is 9.91. The van der Waals surface area contributed by atoms with Gasteiger partial charge < -0.3 is 10.5 Å². The summed E-state index contributed by atoms with van der Waals surface area (Å²) in [5.74, 6) is -1.40. The number of hydrogen-bond acceptors (Lipinski definition) is 3. The first kappa shape index (κ1) is 25.6. The van der Waals surface area contributed by atoms with E-state index in [0.29, 0.717) is 49.9 Å². The summed E-state index contributed by atoms with van der Waals surface area (Å²) in [6.45, 7) is 7.65. The molecule has 0 aliphatic heterocycles. The number of rotatable bonds is 6. The van der Waals surface area contributed by atoms with Gasteiger partial charge >= 0.3 is 0 Å². The lowest BCUT2D eigenvalue weighted by atomic mass is 9.90. The Morgan fingerprint density at radius 1 is 1.08 bits per heavy atom. The minimum atomic E-state index is -0.703. The molecule has 1 amide bonds. The maximum Gasteiger partial charge on any atom is 0.263 e. The number of nitrogens with two attached hydrogens (primary N) is 1. The fourth-order valence-electron chi connectivity index (χ4n) is 5.13. The van der Waals surface area contributed by atoms with Crippen LogP contribution < -0.4 is 10.5 Å². The predicted molar refractivity (Wildman–Crippen MR) is 144 cm³/mol. The Morgan fingerprint density at radius 2 is 1.75 bits per heavy atom. The third-order valence-corrected chi connectivity index (χ3v) is 7.19. The average Bonchev–Trinajstić information content (AvgIpc) is 3.11. The van der Waals surface area contributed by atoms with Crippen molar-refractivity contribution in [3.05, 3.63) is 86.6 Å². The molecule has 0 fully saturated rings. The van der Waals surface area contributed by atoms with Crippen molar-refractivity contribution in [2.45, 2.75) is 40.0 Å². The molecule has 186 valence electrons. The number of carbonyl (C=O) groups excluding carboxylic acids is 2. The molecule has 3 aromatic carbocycles. The van der Waals surface area contributed by atoms with Gasteiger partial charge in [-0.2, -0.15) is 0 Å². The zero-order valence-corrected chi connectivity index (χ0v) is 22.5. The number of aryl methyl sites for hydroxylation is 3. The van der Waals surface area contributed by atoms with E-state index in [9.17, 15) is 14.0 Å². The summed E-state index contributed by atoms with van der Waals surface area (Å²) in [4.78, 5) is 27.0. The van der Waals surface area contributed by atoms with E-state index < -0.39 is 17.6 Å². The van der Waals surface area contributed by atoms with E-state index in [-0.39, 0.29) is 5.91 Å². The Balaban J connectivity index is 2.23. The standard InChI is InChI=1S/C29H28BrFN2O3/c1-6-20(28(32)34)26-21-13-24(36-5)22(30)14-23(21)33(27(26)18-8-7-9-19(31)12-18)29(35)25-16(3)10-15(2)11-17(25)4/h7-14,20H,6H2,1-5H3,(H2,32,34). The number of aromatic nitrogens is 1. The molecule has 0 saturated heterocycles. The van der Waals surface area contributed by atoms with Crippen molar-refractivity contribution in [2.75, 3.05) is 7.11 Å². The Hall–Kier alpha value is -3.45. The molecule has 0 saturated carbocycles. The van der Waals surface area contributed by atoms with Crippen LogP contribution in [0.2, 0.25) is 0 Å². The molecule has 5 nitrogen and oxygen atoms in total. The van der Waals surface area contributed by atoms with E-state index in [1.165, 1.54) is 12.1 Å². The van der Waals surface area contributed by atoms with E-state index in [1.807, 2.05) is 39.8 Å². The van der Waals surface area contributed by atoms with Crippen molar-refractivity contribution in [1.82, 2.24) is 4.57 Å². The molecule has 0 aliphatic rings. The van der Waals surface area contributed by atoms with Gasteiger partial charge in [-0.15, -0.1) is 0 Å². The lowest BCUT2D eigenvalue weighted by Gasteiger charge is -2.17. The Kier molecular flexibility index (Phi) is 7.05. The summed E-state index contributed by atoms with van der Waals surface area (Å²) in [6.07, 6.45) is 0.409. The Labute approximate surface area is 218 Å². The number of primary amides is 1. The van der Waals surface area contributed by atoms with Gasteiger partial charge in [-0.1, -0.05) is 36.8 Å². The maximum atomic E-state index is 14.5. The molecule has 1 heterocycles. The predicted octanol–water partition coefficient (Wildman–Crippen LogP) is 6.81. The zero-order valence-electron chi connectivity index (χ0n) is 20.9. The first-order valence-corrected chi connectivity index (χ1v) is 12.5. The van der Waals surface area contributed by atoms with Gasteiger partial charge in [0.05, 0.1) is 28.7 Å². The molecule has 0 spiro atoms. The quantitative estimate of drug-likeness (QED) is 0.286. The highest BCUT2D eigenvalue weighted by Crippen LogP contribution is 2.43. The fourth-order valence-corrected chi connectivity index (χ4v) is 5.62. The third kappa shape index (κ3) is 4.32. The number of halogens is 2. The van der Waals surface area contributed by atoms with Crippen LogP contribution in [0.15, 0.2) is 53.0 Å². The van der Waals surface area contributed by atoms with Crippen LogP contribution in [0.3, 0.4) is 0 Å². The molecule has 1 aromatic heterocycles. The van der Waals surface area contributed by atoms with Crippen molar-refractivity contribution in [3.63, 3.8) is 0 Å². The number of amides is 1. The molecule has 36 heavy (non-hydrogen) atoms. The summed E-state index contributed by atoms with van der Waals surface area (Å²) in [5.41, 5.74) is 11.2. The number of nitrogens with zero attached hydrogens (tertiary/aromatic N) is 1. The molecular weight excluding hydrogens is 523 g/mol. The second-order valence-electron chi connectivity index (χ2n) is 9.05. The molecule has 0 radical (unpaired) electrons. The SMILES string of the molecule is CCC(C(N)=O)c1c(-c2cccc(F)c2)n(C(=O)c2c(C)cc(C)cc2C)c2cc(Br)c(OC)cc12. The van der Waals surface area contributed by atoms with E-state index >= 15 is 0 Å². The molecule has 4 aromatic rings. The number of methoxy groups -OCH3 is 1. The number of hydrogen-bond donors (Lipinski definition) is 1. The number of carbonyl (C=O) groups is 2. The summed E-state index contributed by atoms with van der Waals surface area (Å²) < 4.78 is 22.2. The Morgan fingerprint density at radius 3 is 2.31 bits per heavy atom. The first-order chi connectivity index (χ1) is 17.1. The van der Waals surface area contributed by atoms with Crippen molar-refractivity contribution >= 4 is 38.6 Å². The van der Waals surface area contributed by atoms with Gasteiger partial charge in [-0.25, -0.2) is 4.39 Å². The molecule has 0 bridgehead atoms. The largest absolute Gasteiger partial charge is 0.496 e. The summed E-state index contributed by atoms with van der Waals surface area (Å²) in [6, 6.07) is 13.6. The van der Waals surface area contributed by atoms with Crippen LogP contribution in [0.25, 0.3) is 22.2 Å². The minimum Gasteiger partial charge on any atom is -0.496 e. The number of fused-ring (bicyclic) bond motifs is 1. The number of benzene rings is 3. The van der Waals surface area contributed by atoms with Crippen LogP contribution in [-0.2, 0) is 4.79 Å². The molecule has 1 unspecified atom stereocenters. The van der Waals surface area contributed by atoms with Gasteiger partial charge in [0, 0.05) is 16.5 Å². The summed E-state index contributed by atoms with van der Waals surface area (Å²) in [5, 5.41) is 0.649. The van der Waals surface area contributed by atoms with Crippen molar-refractivity contribution in [2.24, 2.45) is 5.73 Å². The summed E-state index contributed by atoms with van der Waals surface area (Å²) >= 11 is 3.54. The first-order valence-electron chi connectivity index (χ1n) is 11.7. The normalized spacial score (nSPS) is 12.1. The Bertz CT molecular complexity index is 1500. The van der Waals surface area contributed by atoms with Gasteiger partial charge in [0.2, 0.25) is 5.91 Å². The minimum absolute atomic E-state index is 0.267. The van der Waals surface area contributed by atoms with E-state index in [2.05, 4.69) is 15.9 Å². The smallest absolute Gasteiger partial charge is 0.263 e. The van der Waals surface area contributed by atoms with Crippen molar-refractivity contribution in [3.8, 4) is 17.0 Å². The zero-order chi connectivity index (χ0) is 26.3. The highest BCUT2D eigenvalue weighted by Gasteiger charge is 2.31. The third-order valence-electron chi connectivity index (χ3n) is 6.57. The lowest BCUT2D eigenvalue weighted by molar-refractivity contribution is -0.119. The van der Waals surface area contributed by atoms with Crippen molar-refractivity contribution in [1.29, 1.82) is 0 Å². The lowest BCUT2D eigenvalue weighted by Crippen LogP contribution is -2.22. The summed E-state index contributed by atoms with van der Waals surface area (Å²) in [7, 11) is 1.55. The highest BCUT2D eigenvalue weighted by molar-refractivity contribution is 9.10. The van der Waals surface area contributed by atoms with E-state index in [0.717, 1.165) is 16.7 Å². The fraction of sp³-hybridized carbons (Fsp3) is 0.241. The van der Waals surface area contributed by atoms with Gasteiger partial charge in [0.25, 0.3) is 5.91 Å². The second kappa shape index (κ2) is 9.90. The molecule has 1 atom stereocenters. The monoisotopic (exact) mass is 550 g/mol. The maximum absolute atomic E-state index is 14.5. The van der Waals surface area contributed by atoms with E-state index in [1.54, 1.807) is 35.9 Å². The van der Waals surface area contributed by atoms with E-state index in [4.69, 9.17) is 10.5 Å². The number of ether oxygens (including phenoxy) is 1. The molecule has 7 heteroatoms. The van der Waals surface area contributed by atoms with Crippen LogP contribution in [-0.4, -0.2) is 23.5 Å². The molecule has 2 N–H and O–H groups in total. The van der Waals surface area contributed by atoms with Gasteiger partial charge in [-0.05, 0) is 84.1 Å². The van der Waals surface area contributed by atoms with Gasteiger partial charge in [0.15, 0.2) is 0 Å². The molecular formula is C29H28BrFN2O3. The topological polar surface area (TPSA) is 74.3 Å². The molecule has 0 aliphatic carbocycles. The van der Waals surface area contributed by atoms with Crippen LogP contribution in [0.4, 0.5) is 4.39 Å². The van der Waals surface area contributed by atoms with Gasteiger partial charge in [-0.3, -0.25) is 14.2 Å².